The van der Waals surface area contributed by atoms with Crippen LogP contribution in [0.4, 0.5) is 0 Å². The highest BCUT2D eigenvalue weighted by Crippen LogP contribution is 2.45. The number of nitrogens with zero attached hydrogens (tertiary/aromatic N) is 2. The summed E-state index contributed by atoms with van der Waals surface area (Å²) in [6.07, 6.45) is 4.76. The standard InChI is InChI=1S/C19H31N3O4/c1-11-15(20)17(25)22(9-14-7-5-4-6-8-14)19(11)10-21(18(19)26)16(12(2)23)13(3)24/h11-12,14-16,23H,4-10,20H2,1-3H3/t11?,12-,15?,16+,19?/m1/s1. The number of amides is 2. The van der Waals surface area contributed by atoms with Gasteiger partial charge in [0.15, 0.2) is 5.78 Å². The number of Topliss-reactive ketones (excluding diaryl/α,β-unsaturated/α-hetero) is 1. The predicted molar refractivity (Wildman–Crippen MR) is 96.0 cm³/mol. The number of aliphatic hydroxyl groups is 1. The molecule has 2 saturated heterocycles. The molecule has 3 N–H and O–H groups in total. The summed E-state index contributed by atoms with van der Waals surface area (Å²) in [6.45, 7) is 5.58. The maximum absolute atomic E-state index is 13.2. The van der Waals surface area contributed by atoms with Crippen molar-refractivity contribution in [2.75, 3.05) is 13.1 Å². The highest BCUT2D eigenvalue weighted by molar-refractivity contribution is 6.04. The Morgan fingerprint density at radius 1 is 1.31 bits per heavy atom. The van der Waals surface area contributed by atoms with Crippen molar-refractivity contribution >= 4 is 17.6 Å². The number of hydrogen-bond acceptors (Lipinski definition) is 5. The molecule has 0 aromatic carbocycles. The molecule has 2 amide bonds. The monoisotopic (exact) mass is 365 g/mol. The van der Waals surface area contributed by atoms with E-state index >= 15 is 0 Å². The molecule has 0 aromatic rings. The number of likely N-dealkylation sites (tertiary alicyclic amines) is 2. The van der Waals surface area contributed by atoms with Crippen LogP contribution in [-0.2, 0) is 14.4 Å². The maximum Gasteiger partial charge on any atom is 0.251 e. The van der Waals surface area contributed by atoms with Crippen LogP contribution < -0.4 is 5.73 Å². The van der Waals surface area contributed by atoms with Gasteiger partial charge in [-0.15, -0.1) is 0 Å². The lowest BCUT2D eigenvalue weighted by Gasteiger charge is -2.56. The van der Waals surface area contributed by atoms with E-state index in [0.29, 0.717) is 12.5 Å². The summed E-state index contributed by atoms with van der Waals surface area (Å²) in [6, 6.07) is -1.55. The number of hydrogen-bond donors (Lipinski definition) is 2. The van der Waals surface area contributed by atoms with Crippen molar-refractivity contribution in [3.05, 3.63) is 0 Å². The van der Waals surface area contributed by atoms with Gasteiger partial charge in [-0.05, 0) is 32.6 Å². The fraction of sp³-hybridized carbons (Fsp3) is 0.842. The minimum absolute atomic E-state index is 0.160. The van der Waals surface area contributed by atoms with Gasteiger partial charge in [-0.25, -0.2) is 0 Å². The molecule has 3 rings (SSSR count). The molecule has 146 valence electrons. The van der Waals surface area contributed by atoms with Gasteiger partial charge in [0.25, 0.3) is 5.91 Å². The van der Waals surface area contributed by atoms with E-state index in [0.717, 1.165) is 25.7 Å². The number of ketones is 1. The molecule has 1 aliphatic carbocycles. The SMILES string of the molecule is CC(=O)[C@H]([C@@H](C)O)N1CC2(C1=O)C(C)C(N)C(=O)N2CC1CCCCC1. The lowest BCUT2D eigenvalue weighted by atomic mass is 9.74. The summed E-state index contributed by atoms with van der Waals surface area (Å²) in [5, 5.41) is 9.94. The fourth-order valence-electron chi connectivity index (χ4n) is 5.15. The maximum atomic E-state index is 13.2. The van der Waals surface area contributed by atoms with Crippen molar-refractivity contribution in [1.29, 1.82) is 0 Å². The highest BCUT2D eigenvalue weighted by atomic mass is 16.3. The van der Waals surface area contributed by atoms with Crippen molar-refractivity contribution in [2.24, 2.45) is 17.6 Å². The smallest absolute Gasteiger partial charge is 0.251 e. The summed E-state index contributed by atoms with van der Waals surface area (Å²) in [7, 11) is 0. The van der Waals surface area contributed by atoms with Gasteiger partial charge >= 0.3 is 0 Å². The second kappa shape index (κ2) is 6.93. The second-order valence-corrected chi connectivity index (χ2v) is 8.42. The first-order valence-corrected chi connectivity index (χ1v) is 9.78. The molecular formula is C19H31N3O4. The Bertz CT molecular complexity index is 602. The number of carbonyl (C=O) groups is 3. The van der Waals surface area contributed by atoms with Gasteiger partial charge in [0.2, 0.25) is 5.91 Å². The number of aliphatic hydroxyl groups excluding tert-OH is 1. The first-order chi connectivity index (χ1) is 12.2. The number of carbonyl (C=O) groups excluding carboxylic acids is 3. The fourth-order valence-corrected chi connectivity index (χ4v) is 5.15. The average molecular weight is 365 g/mol. The zero-order chi connectivity index (χ0) is 19.2. The van der Waals surface area contributed by atoms with Gasteiger partial charge in [0.1, 0.15) is 11.6 Å². The van der Waals surface area contributed by atoms with Crippen LogP contribution in [0.1, 0.15) is 52.9 Å². The van der Waals surface area contributed by atoms with Crippen LogP contribution in [0.3, 0.4) is 0 Å². The molecule has 5 atom stereocenters. The second-order valence-electron chi connectivity index (χ2n) is 8.42. The highest BCUT2D eigenvalue weighted by Gasteiger charge is 2.68. The molecule has 3 fully saturated rings. The quantitative estimate of drug-likeness (QED) is 0.682. The third-order valence-corrected chi connectivity index (χ3v) is 6.74. The number of β-lactam (4-membered cyclic amide) rings is 1. The van der Waals surface area contributed by atoms with Gasteiger partial charge in [-0.2, -0.15) is 0 Å². The molecule has 26 heavy (non-hydrogen) atoms. The van der Waals surface area contributed by atoms with Crippen LogP contribution in [0.2, 0.25) is 0 Å². The Hall–Kier alpha value is -1.47. The van der Waals surface area contributed by atoms with Crippen LogP contribution in [0, 0.1) is 11.8 Å². The van der Waals surface area contributed by atoms with E-state index in [9.17, 15) is 19.5 Å². The van der Waals surface area contributed by atoms with Crippen molar-refractivity contribution in [3.8, 4) is 0 Å². The van der Waals surface area contributed by atoms with E-state index in [-0.39, 0.29) is 30.1 Å². The van der Waals surface area contributed by atoms with Crippen molar-refractivity contribution in [2.45, 2.75) is 76.6 Å². The molecule has 3 aliphatic rings. The van der Waals surface area contributed by atoms with Crippen molar-refractivity contribution < 1.29 is 19.5 Å². The van der Waals surface area contributed by atoms with Gasteiger partial charge in [-0.3, -0.25) is 14.4 Å². The summed E-state index contributed by atoms with van der Waals surface area (Å²) in [5.74, 6) is -0.549. The summed E-state index contributed by atoms with van der Waals surface area (Å²) in [5.41, 5.74) is 5.18. The van der Waals surface area contributed by atoms with Crippen LogP contribution >= 0.6 is 0 Å². The Balaban J connectivity index is 1.84. The first kappa shape index (κ1) is 19.3. The first-order valence-electron chi connectivity index (χ1n) is 9.78. The topological polar surface area (TPSA) is 104 Å². The molecular weight excluding hydrogens is 334 g/mol. The van der Waals surface area contributed by atoms with Crippen LogP contribution in [0.25, 0.3) is 0 Å². The minimum atomic E-state index is -0.948. The lowest BCUT2D eigenvalue weighted by Crippen LogP contribution is -2.78. The van der Waals surface area contributed by atoms with Gasteiger partial charge < -0.3 is 20.6 Å². The Morgan fingerprint density at radius 3 is 2.42 bits per heavy atom. The normalized spacial score (nSPS) is 35.0. The van der Waals surface area contributed by atoms with Crippen LogP contribution in [0.5, 0.6) is 0 Å². The zero-order valence-corrected chi connectivity index (χ0v) is 16.0. The van der Waals surface area contributed by atoms with E-state index in [1.165, 1.54) is 25.2 Å². The van der Waals surface area contributed by atoms with Crippen LogP contribution in [-0.4, -0.2) is 69.3 Å². The van der Waals surface area contributed by atoms with E-state index < -0.39 is 23.7 Å². The van der Waals surface area contributed by atoms with E-state index in [4.69, 9.17) is 5.73 Å². The van der Waals surface area contributed by atoms with Gasteiger partial charge in [-0.1, -0.05) is 26.2 Å². The third kappa shape index (κ3) is 2.76. The third-order valence-electron chi connectivity index (χ3n) is 6.74. The molecule has 0 bridgehead atoms. The summed E-state index contributed by atoms with van der Waals surface area (Å²) >= 11 is 0. The molecule has 2 heterocycles. The summed E-state index contributed by atoms with van der Waals surface area (Å²) in [4.78, 5) is 41.0. The molecule has 7 nitrogen and oxygen atoms in total. The number of nitrogens with two attached hydrogens (primary N) is 1. The van der Waals surface area contributed by atoms with Crippen molar-refractivity contribution in [1.82, 2.24) is 9.80 Å². The van der Waals surface area contributed by atoms with Gasteiger partial charge in [0.05, 0.1) is 18.7 Å². The molecule has 2 aliphatic heterocycles. The summed E-state index contributed by atoms with van der Waals surface area (Å²) < 4.78 is 0. The Kier molecular flexibility index (Phi) is 5.14. The minimum Gasteiger partial charge on any atom is -0.391 e. The Labute approximate surface area is 154 Å². The largest absolute Gasteiger partial charge is 0.391 e. The number of rotatable bonds is 5. The van der Waals surface area contributed by atoms with Gasteiger partial charge in [0, 0.05) is 12.5 Å². The van der Waals surface area contributed by atoms with E-state index in [2.05, 4.69) is 0 Å². The van der Waals surface area contributed by atoms with Crippen LogP contribution in [0.15, 0.2) is 0 Å². The Morgan fingerprint density at radius 2 is 1.92 bits per heavy atom. The predicted octanol–water partition coefficient (Wildman–Crippen LogP) is 0.292. The molecule has 7 heteroatoms. The lowest BCUT2D eigenvalue weighted by molar-refractivity contribution is -0.178. The molecule has 0 aromatic heterocycles. The molecule has 1 spiro atoms. The molecule has 1 saturated carbocycles. The molecule has 0 radical (unpaired) electrons. The molecule has 3 unspecified atom stereocenters. The van der Waals surface area contributed by atoms with E-state index in [1.807, 2.05) is 6.92 Å². The van der Waals surface area contributed by atoms with E-state index in [1.54, 1.807) is 4.90 Å². The van der Waals surface area contributed by atoms with Crippen molar-refractivity contribution in [3.63, 3.8) is 0 Å². The zero-order valence-electron chi connectivity index (χ0n) is 16.0. The average Bonchev–Trinajstić information content (AvgIpc) is 2.78.